The maximum absolute atomic E-state index is 12.3. The fourth-order valence-corrected chi connectivity index (χ4v) is 4.55. The molecule has 1 fully saturated rings. The van der Waals surface area contributed by atoms with Gasteiger partial charge in [0.05, 0.1) is 26.1 Å². The molecule has 1 aromatic carbocycles. The van der Waals surface area contributed by atoms with Crippen LogP contribution in [-0.4, -0.2) is 57.5 Å². The molecule has 1 saturated heterocycles. The summed E-state index contributed by atoms with van der Waals surface area (Å²) in [7, 11) is 1.71. The van der Waals surface area contributed by atoms with Crippen LogP contribution in [0.25, 0.3) is 0 Å². The van der Waals surface area contributed by atoms with Crippen LogP contribution in [0.3, 0.4) is 0 Å². The number of amides is 1. The summed E-state index contributed by atoms with van der Waals surface area (Å²) in [4.78, 5) is 16.5. The number of benzene rings is 1. The summed E-state index contributed by atoms with van der Waals surface area (Å²) in [6.07, 6.45) is 11.3. The van der Waals surface area contributed by atoms with Gasteiger partial charge in [-0.3, -0.25) is 9.80 Å². The molecule has 190 valence electrons. The van der Waals surface area contributed by atoms with E-state index in [1.165, 1.54) is 5.56 Å². The monoisotopic (exact) mass is 480 g/mol. The number of cyclic esters (lactones) is 1. The molecule has 3 rings (SSSR count). The summed E-state index contributed by atoms with van der Waals surface area (Å²) in [5.41, 5.74) is 2.07. The molecule has 1 amide bonds. The molecule has 0 spiro atoms. The zero-order valence-corrected chi connectivity index (χ0v) is 21.6. The van der Waals surface area contributed by atoms with Gasteiger partial charge in [-0.05, 0) is 51.6 Å². The van der Waals surface area contributed by atoms with E-state index in [0.29, 0.717) is 25.7 Å². The molecule has 0 saturated carbocycles. The van der Waals surface area contributed by atoms with Gasteiger partial charge in [0.2, 0.25) is 0 Å². The highest BCUT2D eigenvalue weighted by Gasteiger charge is 2.29. The van der Waals surface area contributed by atoms with Crippen LogP contribution >= 0.6 is 0 Å². The first kappa shape index (κ1) is 26.6. The zero-order valence-electron chi connectivity index (χ0n) is 21.6. The van der Waals surface area contributed by atoms with Crippen LogP contribution in [-0.2, 0) is 14.2 Å². The molecular formula is C29H40N2O4. The normalized spacial score (nSPS) is 22.3. The van der Waals surface area contributed by atoms with Crippen molar-refractivity contribution in [2.45, 2.75) is 27.2 Å². The van der Waals surface area contributed by atoms with Crippen molar-refractivity contribution in [3.05, 3.63) is 78.3 Å². The molecule has 1 aliphatic carbocycles. The lowest BCUT2D eigenvalue weighted by Crippen LogP contribution is -2.44. The summed E-state index contributed by atoms with van der Waals surface area (Å²) in [6.45, 7) is 14.8. The number of carbonyl (C=O) groups excluding carboxylic acids is 1. The molecule has 1 aromatic rings. The van der Waals surface area contributed by atoms with Crippen molar-refractivity contribution < 1.29 is 19.0 Å². The third kappa shape index (κ3) is 7.25. The number of allylic oxidation sites excluding steroid dienone is 4. The number of aryl methyl sites for hydroxylation is 1. The van der Waals surface area contributed by atoms with Crippen LogP contribution in [0.2, 0.25) is 0 Å². The number of rotatable bonds is 12. The van der Waals surface area contributed by atoms with Gasteiger partial charge in [-0.25, -0.2) is 4.79 Å². The number of hydrogen-bond acceptors (Lipinski definition) is 5. The topological polar surface area (TPSA) is 51.2 Å². The van der Waals surface area contributed by atoms with Gasteiger partial charge >= 0.3 is 6.09 Å². The van der Waals surface area contributed by atoms with E-state index in [1.54, 1.807) is 12.0 Å². The summed E-state index contributed by atoms with van der Waals surface area (Å²) in [5.74, 6) is 2.11. The molecule has 6 heteroatoms. The van der Waals surface area contributed by atoms with E-state index in [-0.39, 0.29) is 17.9 Å². The highest BCUT2D eigenvalue weighted by Crippen LogP contribution is 2.33. The molecule has 1 aliphatic heterocycles. The predicted octanol–water partition coefficient (Wildman–Crippen LogP) is 5.72. The molecule has 0 radical (unpaired) electrons. The van der Waals surface area contributed by atoms with Gasteiger partial charge in [-0.2, -0.15) is 0 Å². The molecule has 3 unspecified atom stereocenters. The Bertz CT molecular complexity index is 935. The van der Waals surface area contributed by atoms with E-state index in [4.69, 9.17) is 14.2 Å². The Morgan fingerprint density at radius 2 is 2.06 bits per heavy atom. The van der Waals surface area contributed by atoms with Crippen LogP contribution in [0, 0.1) is 24.7 Å². The lowest BCUT2D eigenvalue weighted by molar-refractivity contribution is 0.108. The lowest BCUT2D eigenvalue weighted by atomic mass is 9.85. The van der Waals surface area contributed by atoms with Crippen LogP contribution in [0.5, 0.6) is 0 Å². The number of methoxy groups -OCH3 is 1. The van der Waals surface area contributed by atoms with E-state index < -0.39 is 0 Å². The number of nitrogens with zero attached hydrogens (tertiary/aromatic N) is 2. The minimum atomic E-state index is -0.257. The van der Waals surface area contributed by atoms with E-state index in [0.717, 1.165) is 43.3 Å². The molecule has 2 aliphatic rings. The smallest absolute Gasteiger partial charge is 0.414 e. The number of likely N-dealkylation sites (N-methyl/N-ethyl adjacent to an activating group) is 1. The Hall–Kier alpha value is -2.99. The quantitative estimate of drug-likeness (QED) is 0.283. The average Bonchev–Trinajstić information content (AvgIpc) is 2.87. The van der Waals surface area contributed by atoms with Gasteiger partial charge in [-0.15, -0.1) is 0 Å². The number of carbonyl (C=O) groups is 1. The van der Waals surface area contributed by atoms with Crippen LogP contribution in [0.4, 0.5) is 10.5 Å². The number of anilines is 1. The summed E-state index contributed by atoms with van der Waals surface area (Å²) >= 11 is 0. The van der Waals surface area contributed by atoms with Crippen LogP contribution in [0.1, 0.15) is 25.8 Å². The van der Waals surface area contributed by atoms with Gasteiger partial charge in [0, 0.05) is 36.5 Å². The van der Waals surface area contributed by atoms with Crippen molar-refractivity contribution in [3.8, 4) is 0 Å². The largest absolute Gasteiger partial charge is 0.500 e. The first-order valence-electron chi connectivity index (χ1n) is 12.6. The van der Waals surface area contributed by atoms with Crippen LogP contribution in [0.15, 0.2) is 72.7 Å². The second-order valence-corrected chi connectivity index (χ2v) is 9.11. The third-order valence-corrected chi connectivity index (χ3v) is 6.69. The molecule has 0 aromatic heterocycles. The highest BCUT2D eigenvalue weighted by atomic mass is 16.6. The molecule has 3 atom stereocenters. The highest BCUT2D eigenvalue weighted by molar-refractivity contribution is 5.88. The number of ether oxygens (including phenoxy) is 3. The van der Waals surface area contributed by atoms with Crippen molar-refractivity contribution in [2.75, 3.05) is 51.4 Å². The van der Waals surface area contributed by atoms with E-state index in [1.807, 2.05) is 50.3 Å². The third-order valence-electron chi connectivity index (χ3n) is 6.69. The van der Waals surface area contributed by atoms with Crippen molar-refractivity contribution in [2.24, 2.45) is 17.8 Å². The van der Waals surface area contributed by atoms with Crippen LogP contribution < -0.4 is 4.90 Å². The Labute approximate surface area is 210 Å². The van der Waals surface area contributed by atoms with Gasteiger partial charge in [0.1, 0.15) is 5.76 Å². The molecule has 35 heavy (non-hydrogen) atoms. The Morgan fingerprint density at radius 1 is 1.29 bits per heavy atom. The van der Waals surface area contributed by atoms with Gasteiger partial charge in [0.15, 0.2) is 0 Å². The summed E-state index contributed by atoms with van der Waals surface area (Å²) < 4.78 is 16.8. The Balaban J connectivity index is 1.55. The van der Waals surface area contributed by atoms with Gasteiger partial charge in [-0.1, -0.05) is 55.5 Å². The zero-order chi connectivity index (χ0) is 25.2. The van der Waals surface area contributed by atoms with E-state index in [9.17, 15) is 4.79 Å². The van der Waals surface area contributed by atoms with Gasteiger partial charge in [0.25, 0.3) is 0 Å². The van der Waals surface area contributed by atoms with Gasteiger partial charge < -0.3 is 14.2 Å². The van der Waals surface area contributed by atoms with Crippen molar-refractivity contribution in [3.63, 3.8) is 0 Å². The Morgan fingerprint density at radius 3 is 2.74 bits per heavy atom. The minimum absolute atomic E-state index is 0.0610. The van der Waals surface area contributed by atoms with E-state index in [2.05, 4.69) is 36.6 Å². The molecule has 1 heterocycles. The number of hydrogen-bond donors (Lipinski definition) is 0. The second kappa shape index (κ2) is 13.2. The van der Waals surface area contributed by atoms with Crippen molar-refractivity contribution >= 4 is 11.8 Å². The maximum atomic E-state index is 12.3. The lowest BCUT2D eigenvalue weighted by Gasteiger charge is -2.33. The predicted molar refractivity (Wildman–Crippen MR) is 141 cm³/mol. The fourth-order valence-electron chi connectivity index (χ4n) is 4.55. The van der Waals surface area contributed by atoms with Crippen molar-refractivity contribution in [1.29, 1.82) is 0 Å². The second-order valence-electron chi connectivity index (χ2n) is 9.11. The Kier molecular flexibility index (Phi) is 10.0. The molecular weight excluding hydrogens is 440 g/mol. The SMILES string of the molecule is C=C(OCC)C1C=CC=C(OC)C1/C=C/CN(CC)CCC1COC(=O)N(c2ccc(C)cc2)C1. The van der Waals surface area contributed by atoms with Crippen molar-refractivity contribution in [1.82, 2.24) is 4.90 Å². The molecule has 6 nitrogen and oxygen atoms in total. The summed E-state index contributed by atoms with van der Waals surface area (Å²) in [5, 5.41) is 0. The van der Waals surface area contributed by atoms with E-state index >= 15 is 0 Å². The standard InChI is InChI=1S/C29H40N2O4/c1-6-30(18-9-11-27-26(23(4)34-7-2)10-8-12-28(27)33-5)19-17-24-20-31(29(32)35-21-24)25-15-13-22(3)14-16-25/h8-16,24,26-27H,4,6-7,17-21H2,1-3,5H3/b11-9+. The minimum Gasteiger partial charge on any atom is -0.500 e. The average molecular weight is 481 g/mol. The fraction of sp³-hybridized carbons (Fsp3) is 0.483. The molecule has 0 bridgehead atoms. The maximum Gasteiger partial charge on any atom is 0.414 e. The molecule has 0 N–H and O–H groups in total. The first-order chi connectivity index (χ1) is 17.0. The summed E-state index contributed by atoms with van der Waals surface area (Å²) in [6, 6.07) is 8.02. The first-order valence-corrected chi connectivity index (χ1v) is 12.6.